The first-order valence-corrected chi connectivity index (χ1v) is 6.01. The van der Waals surface area contributed by atoms with Crippen LogP contribution < -0.4 is 16.6 Å². The second kappa shape index (κ2) is 7.41. The lowest BCUT2D eigenvalue weighted by Crippen LogP contribution is -2.30. The predicted octanol–water partition coefficient (Wildman–Crippen LogP) is 0.893. The Morgan fingerprint density at radius 3 is 2.80 bits per heavy atom. The molecule has 0 saturated carbocycles. The summed E-state index contributed by atoms with van der Waals surface area (Å²) < 4.78 is 4.96. The van der Waals surface area contributed by atoms with E-state index in [0.717, 1.165) is 0 Å². The number of ether oxygens (including phenoxy) is 1. The monoisotopic (exact) mass is 282 g/mol. The highest BCUT2D eigenvalue weighted by molar-refractivity contribution is 5.95. The summed E-state index contributed by atoms with van der Waals surface area (Å²) in [6.45, 7) is 2.88. The minimum Gasteiger partial charge on any atom is -0.384 e. The molecule has 0 radical (unpaired) electrons. The Hall–Kier alpha value is -2.19. The molecule has 1 atom stereocenters. The van der Waals surface area contributed by atoms with Crippen molar-refractivity contribution < 1.29 is 14.5 Å². The van der Waals surface area contributed by atoms with E-state index in [-0.39, 0.29) is 28.8 Å². The third-order valence-corrected chi connectivity index (χ3v) is 2.67. The van der Waals surface area contributed by atoms with Crippen LogP contribution in [0.1, 0.15) is 17.3 Å². The Morgan fingerprint density at radius 2 is 2.25 bits per heavy atom. The number of rotatable bonds is 7. The highest BCUT2D eigenvalue weighted by atomic mass is 16.6. The molecule has 0 bridgehead atoms. The lowest BCUT2D eigenvalue weighted by atomic mass is 10.1. The molecule has 8 heteroatoms. The van der Waals surface area contributed by atoms with Gasteiger partial charge in [-0.1, -0.05) is 6.92 Å². The van der Waals surface area contributed by atoms with Gasteiger partial charge < -0.3 is 15.5 Å². The molecule has 0 aliphatic rings. The number of nitro groups is 1. The molecule has 1 rings (SSSR count). The van der Waals surface area contributed by atoms with Crippen LogP contribution in [0.15, 0.2) is 18.2 Å². The van der Waals surface area contributed by atoms with Crippen LogP contribution in [0.25, 0.3) is 0 Å². The molecule has 1 unspecified atom stereocenters. The molecule has 1 aromatic carbocycles. The number of hydrazine groups is 1. The molecular weight excluding hydrogens is 264 g/mol. The van der Waals surface area contributed by atoms with E-state index >= 15 is 0 Å². The maximum atomic E-state index is 11.9. The van der Waals surface area contributed by atoms with Crippen LogP contribution in [-0.4, -0.2) is 31.1 Å². The van der Waals surface area contributed by atoms with Crippen LogP contribution in [0.2, 0.25) is 0 Å². The van der Waals surface area contributed by atoms with Crippen LogP contribution in [0.4, 0.5) is 11.4 Å². The number of hydrogen-bond donors (Lipinski definition) is 3. The number of nitrogen functional groups attached to an aromatic ring is 1. The molecule has 1 aromatic rings. The lowest BCUT2D eigenvalue weighted by molar-refractivity contribution is -0.384. The smallest absolute Gasteiger partial charge is 0.294 e. The van der Waals surface area contributed by atoms with Gasteiger partial charge in [-0.15, -0.1) is 0 Å². The average molecular weight is 282 g/mol. The molecule has 8 nitrogen and oxygen atoms in total. The van der Waals surface area contributed by atoms with E-state index < -0.39 is 4.92 Å². The van der Waals surface area contributed by atoms with Crippen LogP contribution in [0.3, 0.4) is 0 Å². The SMILES string of the molecule is COCC(C)CNC(=O)c1ccc(NN)c([N+](=O)[O-])c1. The van der Waals surface area contributed by atoms with Gasteiger partial charge in [0.15, 0.2) is 0 Å². The number of carbonyl (C=O) groups excluding carboxylic acids is 1. The summed E-state index contributed by atoms with van der Waals surface area (Å²) in [5.74, 6) is 4.96. The van der Waals surface area contributed by atoms with Crippen molar-refractivity contribution in [3.05, 3.63) is 33.9 Å². The maximum absolute atomic E-state index is 11.9. The molecule has 0 aliphatic carbocycles. The summed E-state index contributed by atoms with van der Waals surface area (Å²) in [4.78, 5) is 22.2. The van der Waals surface area contributed by atoms with Gasteiger partial charge in [0.25, 0.3) is 11.6 Å². The Kier molecular flexibility index (Phi) is 5.88. The van der Waals surface area contributed by atoms with Gasteiger partial charge in [0.2, 0.25) is 0 Å². The van der Waals surface area contributed by atoms with Gasteiger partial charge in [0.1, 0.15) is 5.69 Å². The summed E-state index contributed by atoms with van der Waals surface area (Å²) in [5, 5.41) is 13.6. The Bertz CT molecular complexity index is 492. The number of nitrogens with one attached hydrogen (secondary N) is 2. The second-order valence-electron chi connectivity index (χ2n) is 4.40. The highest BCUT2D eigenvalue weighted by Gasteiger charge is 2.17. The fourth-order valence-corrected chi connectivity index (χ4v) is 1.66. The number of hydrogen-bond acceptors (Lipinski definition) is 6. The predicted molar refractivity (Wildman–Crippen MR) is 74.3 cm³/mol. The van der Waals surface area contributed by atoms with Crippen LogP contribution in [-0.2, 0) is 4.74 Å². The molecule has 20 heavy (non-hydrogen) atoms. The first-order chi connectivity index (χ1) is 9.49. The summed E-state index contributed by atoms with van der Waals surface area (Å²) in [6.07, 6.45) is 0. The van der Waals surface area contributed by atoms with Gasteiger partial charge in [-0.3, -0.25) is 20.8 Å². The zero-order valence-electron chi connectivity index (χ0n) is 11.4. The highest BCUT2D eigenvalue weighted by Crippen LogP contribution is 2.24. The van der Waals surface area contributed by atoms with E-state index in [9.17, 15) is 14.9 Å². The van der Waals surface area contributed by atoms with Gasteiger partial charge in [-0.2, -0.15) is 0 Å². The molecule has 0 aliphatic heterocycles. The minimum absolute atomic E-state index is 0.152. The number of methoxy groups -OCH3 is 1. The van der Waals surface area contributed by atoms with Crippen LogP contribution in [0.5, 0.6) is 0 Å². The van der Waals surface area contributed by atoms with Crippen molar-refractivity contribution in [1.82, 2.24) is 5.32 Å². The number of carbonyl (C=O) groups is 1. The number of nitrogens with zero attached hydrogens (tertiary/aromatic N) is 1. The number of nitrogens with two attached hydrogens (primary N) is 1. The molecule has 0 saturated heterocycles. The maximum Gasteiger partial charge on any atom is 0.294 e. The molecule has 0 aromatic heterocycles. The molecule has 1 amide bonds. The van der Waals surface area contributed by atoms with Crippen molar-refractivity contribution in [2.24, 2.45) is 11.8 Å². The van der Waals surface area contributed by atoms with Crippen molar-refractivity contribution in [1.29, 1.82) is 0 Å². The molecule has 0 spiro atoms. The minimum atomic E-state index is -0.598. The fraction of sp³-hybridized carbons (Fsp3) is 0.417. The molecule has 4 N–H and O–H groups in total. The normalized spacial score (nSPS) is 11.8. The zero-order chi connectivity index (χ0) is 15.1. The summed E-state index contributed by atoms with van der Waals surface area (Å²) in [7, 11) is 1.58. The van der Waals surface area contributed by atoms with Crippen molar-refractivity contribution in [2.45, 2.75) is 6.92 Å². The largest absolute Gasteiger partial charge is 0.384 e. The quantitative estimate of drug-likeness (QED) is 0.388. The Balaban J connectivity index is 2.78. The van der Waals surface area contributed by atoms with Crippen LogP contribution in [0, 0.1) is 16.0 Å². The topological polar surface area (TPSA) is 120 Å². The van der Waals surface area contributed by atoms with Gasteiger partial charge in [-0.25, -0.2) is 0 Å². The van der Waals surface area contributed by atoms with Crippen molar-refractivity contribution in [2.75, 3.05) is 25.7 Å². The van der Waals surface area contributed by atoms with E-state index in [1.807, 2.05) is 6.92 Å². The molecule has 110 valence electrons. The Labute approximate surface area is 116 Å². The Morgan fingerprint density at radius 1 is 1.55 bits per heavy atom. The van der Waals surface area contributed by atoms with Gasteiger partial charge in [0, 0.05) is 25.3 Å². The fourth-order valence-electron chi connectivity index (χ4n) is 1.66. The van der Waals surface area contributed by atoms with Crippen LogP contribution >= 0.6 is 0 Å². The van der Waals surface area contributed by atoms with Gasteiger partial charge in [-0.05, 0) is 18.1 Å². The van der Waals surface area contributed by atoms with E-state index in [2.05, 4.69) is 10.7 Å². The second-order valence-corrected chi connectivity index (χ2v) is 4.40. The number of anilines is 1. The zero-order valence-corrected chi connectivity index (χ0v) is 11.4. The van der Waals surface area contributed by atoms with Gasteiger partial charge >= 0.3 is 0 Å². The lowest BCUT2D eigenvalue weighted by Gasteiger charge is -2.11. The van der Waals surface area contributed by atoms with E-state index in [1.54, 1.807) is 7.11 Å². The number of amides is 1. The summed E-state index contributed by atoms with van der Waals surface area (Å²) >= 11 is 0. The molecule has 0 heterocycles. The van der Waals surface area contributed by atoms with Gasteiger partial charge in [0.05, 0.1) is 11.5 Å². The van der Waals surface area contributed by atoms with E-state index in [1.165, 1.54) is 18.2 Å². The van der Waals surface area contributed by atoms with Crippen molar-refractivity contribution in [3.8, 4) is 0 Å². The summed E-state index contributed by atoms with van der Waals surface area (Å²) in [6, 6.07) is 4.05. The average Bonchev–Trinajstić information content (AvgIpc) is 2.44. The first-order valence-electron chi connectivity index (χ1n) is 6.01. The third kappa shape index (κ3) is 4.18. The number of nitro benzene ring substituents is 1. The van der Waals surface area contributed by atoms with E-state index in [0.29, 0.717) is 13.2 Å². The first kappa shape index (κ1) is 15.9. The third-order valence-electron chi connectivity index (χ3n) is 2.67. The van der Waals surface area contributed by atoms with Crippen molar-refractivity contribution in [3.63, 3.8) is 0 Å². The standard InChI is InChI=1S/C12H18N4O4/c1-8(7-20-2)6-14-12(17)9-3-4-10(15-13)11(5-9)16(18)19/h3-5,8,15H,6-7,13H2,1-2H3,(H,14,17). The summed E-state index contributed by atoms with van der Waals surface area (Å²) in [5.41, 5.74) is 2.34. The van der Waals surface area contributed by atoms with Crippen molar-refractivity contribution >= 4 is 17.3 Å². The van der Waals surface area contributed by atoms with E-state index in [4.69, 9.17) is 10.6 Å². The number of benzene rings is 1. The molecular formula is C12H18N4O4. The molecule has 0 fully saturated rings.